The van der Waals surface area contributed by atoms with E-state index in [-0.39, 0.29) is 6.10 Å². The lowest BCUT2D eigenvalue weighted by molar-refractivity contribution is 0.00622. The Bertz CT molecular complexity index is 967. The van der Waals surface area contributed by atoms with Crippen LogP contribution >= 0.6 is 0 Å². The number of esters is 1. The van der Waals surface area contributed by atoms with Crippen LogP contribution in [0.3, 0.4) is 0 Å². The maximum atomic E-state index is 12.6. The molecule has 2 heterocycles. The molecule has 0 spiro atoms. The average Bonchev–Trinajstić information content (AvgIpc) is 2.92. The Kier molecular flexibility index (Phi) is 4.76. The number of fused-ring (bicyclic) bond motifs is 3. The van der Waals surface area contributed by atoms with Gasteiger partial charge in [0.1, 0.15) is 5.60 Å². The monoisotopic (exact) mass is 354 g/mol. The van der Waals surface area contributed by atoms with Crippen molar-refractivity contribution in [2.24, 2.45) is 0 Å². The van der Waals surface area contributed by atoms with Crippen LogP contribution in [0.4, 0.5) is 0 Å². The van der Waals surface area contributed by atoms with Crippen molar-refractivity contribution in [1.29, 1.82) is 0 Å². The number of rotatable bonds is 4. The number of aromatic amines is 1. The number of aromatic nitrogens is 2. The summed E-state index contributed by atoms with van der Waals surface area (Å²) in [6.45, 7) is 12.2. The highest BCUT2D eigenvalue weighted by molar-refractivity contribution is 6.12. The molecule has 5 heteroatoms. The van der Waals surface area contributed by atoms with Crippen LogP contribution in [0, 0.1) is 6.92 Å². The first-order chi connectivity index (χ1) is 12.2. The highest BCUT2D eigenvalue weighted by atomic mass is 16.6. The van der Waals surface area contributed by atoms with Crippen molar-refractivity contribution in [1.82, 2.24) is 9.97 Å². The second-order valence-electron chi connectivity index (χ2n) is 7.51. The summed E-state index contributed by atoms with van der Waals surface area (Å²) in [5.74, 6) is -0.401. The van der Waals surface area contributed by atoms with Crippen LogP contribution in [0.1, 0.15) is 62.3 Å². The third-order valence-corrected chi connectivity index (χ3v) is 4.39. The van der Waals surface area contributed by atoms with Gasteiger partial charge in [-0.15, -0.1) is 0 Å². The number of aryl methyl sites for hydroxylation is 1. The van der Waals surface area contributed by atoms with Crippen molar-refractivity contribution in [3.8, 4) is 0 Å². The quantitative estimate of drug-likeness (QED) is 0.664. The van der Waals surface area contributed by atoms with E-state index in [9.17, 15) is 4.79 Å². The van der Waals surface area contributed by atoms with Crippen molar-refractivity contribution in [2.75, 3.05) is 6.61 Å². The lowest BCUT2D eigenvalue weighted by atomic mass is 9.99. The van der Waals surface area contributed by atoms with Gasteiger partial charge in [-0.25, -0.2) is 9.78 Å². The van der Waals surface area contributed by atoms with Crippen molar-refractivity contribution < 1.29 is 14.3 Å². The van der Waals surface area contributed by atoms with E-state index < -0.39 is 11.6 Å². The zero-order chi connectivity index (χ0) is 19.1. The number of benzene rings is 1. The predicted octanol–water partition coefficient (Wildman–Crippen LogP) is 5.08. The molecule has 0 radical (unpaired) electrons. The molecular formula is C21H26N2O3. The summed E-state index contributed by atoms with van der Waals surface area (Å²) in [7, 11) is 0. The molecule has 1 aromatic carbocycles. The maximum absolute atomic E-state index is 12.6. The number of pyridine rings is 1. The van der Waals surface area contributed by atoms with Crippen molar-refractivity contribution in [3.63, 3.8) is 0 Å². The second kappa shape index (κ2) is 6.72. The fourth-order valence-electron chi connectivity index (χ4n) is 3.34. The third kappa shape index (κ3) is 3.31. The molecule has 5 nitrogen and oxygen atoms in total. The topological polar surface area (TPSA) is 64.2 Å². The lowest BCUT2D eigenvalue weighted by Crippen LogP contribution is -2.25. The zero-order valence-corrected chi connectivity index (χ0v) is 16.3. The van der Waals surface area contributed by atoms with Gasteiger partial charge in [-0.05, 0) is 58.7 Å². The van der Waals surface area contributed by atoms with E-state index in [1.54, 1.807) is 6.20 Å². The standard InChI is InChI=1S/C21H26N2O3/c1-7-25-13(3)14-9-8-10-15-18(14)17-12(2)19(22-11-16(17)23-15)20(24)26-21(4,5)6/h8-11,13,23H,7H2,1-6H3. The van der Waals surface area contributed by atoms with E-state index in [1.807, 2.05) is 53.7 Å². The molecule has 1 atom stereocenters. The molecule has 0 aliphatic carbocycles. The van der Waals surface area contributed by atoms with Gasteiger partial charge in [0, 0.05) is 22.9 Å². The predicted molar refractivity (Wildman–Crippen MR) is 104 cm³/mol. The van der Waals surface area contributed by atoms with Crippen LogP contribution in [0.5, 0.6) is 0 Å². The number of nitrogens with one attached hydrogen (secondary N) is 1. The Morgan fingerprint density at radius 1 is 1.23 bits per heavy atom. The Labute approximate surface area is 153 Å². The molecule has 0 amide bonds. The van der Waals surface area contributed by atoms with E-state index >= 15 is 0 Å². The summed E-state index contributed by atoms with van der Waals surface area (Å²) in [6.07, 6.45) is 1.66. The van der Waals surface area contributed by atoms with Crippen LogP contribution in [0.2, 0.25) is 0 Å². The molecule has 26 heavy (non-hydrogen) atoms. The molecular weight excluding hydrogens is 328 g/mol. The number of carbonyl (C=O) groups is 1. The minimum Gasteiger partial charge on any atom is -0.455 e. The number of ether oxygens (including phenoxy) is 2. The number of hydrogen-bond acceptors (Lipinski definition) is 4. The van der Waals surface area contributed by atoms with Crippen LogP contribution in [0.15, 0.2) is 24.4 Å². The molecule has 138 valence electrons. The van der Waals surface area contributed by atoms with Gasteiger partial charge in [-0.2, -0.15) is 0 Å². The van der Waals surface area contributed by atoms with Gasteiger partial charge in [-0.1, -0.05) is 12.1 Å². The fraction of sp³-hybridized carbons (Fsp3) is 0.429. The smallest absolute Gasteiger partial charge is 0.357 e. The first-order valence-electron chi connectivity index (χ1n) is 8.97. The van der Waals surface area contributed by atoms with Crippen LogP contribution in [-0.4, -0.2) is 28.1 Å². The summed E-state index contributed by atoms with van der Waals surface area (Å²) >= 11 is 0. The van der Waals surface area contributed by atoms with Crippen molar-refractivity contribution >= 4 is 27.8 Å². The Balaban J connectivity index is 2.23. The average molecular weight is 354 g/mol. The molecule has 0 saturated carbocycles. The first kappa shape index (κ1) is 18.4. The molecule has 0 aliphatic rings. The van der Waals surface area contributed by atoms with Gasteiger partial charge < -0.3 is 14.5 Å². The minimum atomic E-state index is -0.561. The SMILES string of the molecule is CCOC(C)c1cccc2[nH]c3cnc(C(=O)OC(C)(C)C)c(C)c3c12. The molecule has 2 aromatic heterocycles. The minimum absolute atomic E-state index is 0.0414. The van der Waals surface area contributed by atoms with E-state index in [0.29, 0.717) is 12.3 Å². The van der Waals surface area contributed by atoms with Crippen LogP contribution in [0.25, 0.3) is 21.8 Å². The zero-order valence-electron chi connectivity index (χ0n) is 16.3. The number of nitrogens with zero attached hydrogens (tertiary/aromatic N) is 1. The number of hydrogen-bond donors (Lipinski definition) is 1. The van der Waals surface area contributed by atoms with Gasteiger partial charge in [0.2, 0.25) is 0 Å². The van der Waals surface area contributed by atoms with Gasteiger partial charge in [-0.3, -0.25) is 0 Å². The molecule has 3 aromatic rings. The molecule has 3 rings (SSSR count). The Morgan fingerprint density at radius 2 is 1.96 bits per heavy atom. The van der Waals surface area contributed by atoms with Crippen molar-refractivity contribution in [3.05, 3.63) is 41.2 Å². The second-order valence-corrected chi connectivity index (χ2v) is 7.51. The molecule has 0 bridgehead atoms. The number of carbonyl (C=O) groups excluding carboxylic acids is 1. The summed E-state index contributed by atoms with van der Waals surface area (Å²) in [6, 6.07) is 6.12. The van der Waals surface area contributed by atoms with E-state index in [1.165, 1.54) is 0 Å². The highest BCUT2D eigenvalue weighted by Crippen LogP contribution is 2.35. The van der Waals surface area contributed by atoms with E-state index in [0.717, 1.165) is 32.9 Å². The van der Waals surface area contributed by atoms with E-state index in [4.69, 9.17) is 9.47 Å². The summed E-state index contributed by atoms with van der Waals surface area (Å²) in [4.78, 5) is 20.3. The van der Waals surface area contributed by atoms with Crippen molar-refractivity contribution in [2.45, 2.75) is 53.2 Å². The normalized spacial score (nSPS) is 13.3. The Hall–Kier alpha value is -2.40. The van der Waals surface area contributed by atoms with Gasteiger partial charge >= 0.3 is 5.97 Å². The van der Waals surface area contributed by atoms with E-state index in [2.05, 4.69) is 16.0 Å². The molecule has 0 saturated heterocycles. The van der Waals surface area contributed by atoms with Crippen LogP contribution in [-0.2, 0) is 9.47 Å². The fourth-order valence-corrected chi connectivity index (χ4v) is 3.34. The largest absolute Gasteiger partial charge is 0.455 e. The molecule has 0 aliphatic heterocycles. The molecule has 0 fully saturated rings. The maximum Gasteiger partial charge on any atom is 0.357 e. The molecule has 1 unspecified atom stereocenters. The lowest BCUT2D eigenvalue weighted by Gasteiger charge is -2.20. The molecule has 1 N–H and O–H groups in total. The first-order valence-corrected chi connectivity index (χ1v) is 8.97. The Morgan fingerprint density at radius 3 is 2.62 bits per heavy atom. The van der Waals surface area contributed by atoms with Gasteiger partial charge in [0.15, 0.2) is 5.69 Å². The highest BCUT2D eigenvalue weighted by Gasteiger charge is 2.23. The summed E-state index contributed by atoms with van der Waals surface area (Å²) in [5.41, 5.74) is 3.62. The summed E-state index contributed by atoms with van der Waals surface area (Å²) < 4.78 is 11.3. The van der Waals surface area contributed by atoms with Gasteiger partial charge in [0.05, 0.1) is 17.8 Å². The summed E-state index contributed by atoms with van der Waals surface area (Å²) in [5, 5.41) is 2.08. The van der Waals surface area contributed by atoms with Gasteiger partial charge in [0.25, 0.3) is 0 Å². The third-order valence-electron chi connectivity index (χ3n) is 4.39. The van der Waals surface area contributed by atoms with Crippen LogP contribution < -0.4 is 0 Å². The number of H-pyrrole nitrogens is 1.